The number of nitrogens with zero attached hydrogens (tertiary/aromatic N) is 1. The molecular weight excluding hydrogens is 304 g/mol. The largest absolute Gasteiger partial charge is 0.378 e. The maximum absolute atomic E-state index is 11.9. The van der Waals surface area contributed by atoms with Crippen LogP contribution < -0.4 is 20.9 Å². The molecule has 0 aliphatic carbocycles. The fraction of sp³-hybridized carbons (Fsp3) is 0.222. The third kappa shape index (κ3) is 4.04. The Hall–Kier alpha value is -3.02. The highest BCUT2D eigenvalue weighted by atomic mass is 16.2. The Labute approximate surface area is 141 Å². The number of benzene rings is 2. The van der Waals surface area contributed by atoms with Gasteiger partial charge in [-0.2, -0.15) is 0 Å². The van der Waals surface area contributed by atoms with Crippen LogP contribution >= 0.6 is 0 Å². The zero-order valence-electron chi connectivity index (χ0n) is 14.3. The predicted octanol–water partition coefficient (Wildman–Crippen LogP) is 2.22. The Bertz CT molecular complexity index is 722. The van der Waals surface area contributed by atoms with Gasteiger partial charge in [0.15, 0.2) is 0 Å². The molecule has 6 heteroatoms. The number of carbonyl (C=O) groups is 2. The summed E-state index contributed by atoms with van der Waals surface area (Å²) in [5.74, 6) is -0.489. The van der Waals surface area contributed by atoms with E-state index in [0.29, 0.717) is 16.8 Å². The molecule has 0 spiro atoms. The monoisotopic (exact) mass is 326 g/mol. The summed E-state index contributed by atoms with van der Waals surface area (Å²) in [5.41, 5.74) is 3.44. The second-order valence-corrected chi connectivity index (χ2v) is 5.53. The fourth-order valence-electron chi connectivity index (χ4n) is 2.28. The number of hydrogen-bond donors (Lipinski definition) is 3. The van der Waals surface area contributed by atoms with E-state index in [1.54, 1.807) is 32.3 Å². The molecule has 0 heterocycles. The van der Waals surface area contributed by atoms with Gasteiger partial charge >= 0.3 is 0 Å². The maximum Gasteiger partial charge on any atom is 0.251 e. The van der Waals surface area contributed by atoms with Gasteiger partial charge in [0.1, 0.15) is 0 Å². The lowest BCUT2D eigenvalue weighted by Crippen LogP contribution is -2.21. The molecule has 0 atom stereocenters. The number of hydrogen-bond acceptors (Lipinski definition) is 4. The first-order valence-corrected chi connectivity index (χ1v) is 7.58. The maximum atomic E-state index is 11.9. The number of amides is 2. The van der Waals surface area contributed by atoms with Gasteiger partial charge in [0.2, 0.25) is 0 Å². The molecule has 6 nitrogen and oxygen atoms in total. The van der Waals surface area contributed by atoms with E-state index >= 15 is 0 Å². The summed E-state index contributed by atoms with van der Waals surface area (Å²) in [5, 5.41) is 8.40. The molecule has 0 aliphatic heterocycles. The summed E-state index contributed by atoms with van der Waals surface area (Å²) in [7, 11) is 7.05. The van der Waals surface area contributed by atoms with E-state index in [2.05, 4.69) is 16.0 Å². The topological polar surface area (TPSA) is 73.5 Å². The summed E-state index contributed by atoms with van der Waals surface area (Å²) in [6.45, 7) is 0. The van der Waals surface area contributed by atoms with E-state index in [4.69, 9.17) is 0 Å². The molecule has 2 rings (SSSR count). The van der Waals surface area contributed by atoms with Crippen LogP contribution in [0, 0.1) is 0 Å². The van der Waals surface area contributed by atoms with Crippen LogP contribution in [-0.2, 0) is 0 Å². The first-order chi connectivity index (χ1) is 11.4. The number of rotatable bonds is 5. The summed E-state index contributed by atoms with van der Waals surface area (Å²) in [6, 6.07) is 12.9. The van der Waals surface area contributed by atoms with Crippen molar-refractivity contribution >= 4 is 28.9 Å². The highest BCUT2D eigenvalue weighted by Gasteiger charge is 2.12. The van der Waals surface area contributed by atoms with E-state index in [1.165, 1.54) is 0 Å². The molecular formula is C18H22N4O2. The minimum absolute atomic E-state index is 0.245. The molecule has 0 saturated carbocycles. The number of anilines is 3. The van der Waals surface area contributed by atoms with Crippen LogP contribution in [-0.4, -0.2) is 40.0 Å². The van der Waals surface area contributed by atoms with Crippen molar-refractivity contribution in [3.8, 4) is 0 Å². The summed E-state index contributed by atoms with van der Waals surface area (Å²) in [4.78, 5) is 25.9. The van der Waals surface area contributed by atoms with Crippen molar-refractivity contribution in [2.75, 3.05) is 38.4 Å². The van der Waals surface area contributed by atoms with Gasteiger partial charge < -0.3 is 20.9 Å². The average molecular weight is 326 g/mol. The molecule has 2 amide bonds. The van der Waals surface area contributed by atoms with Crippen LogP contribution in [0.3, 0.4) is 0 Å². The van der Waals surface area contributed by atoms with E-state index in [1.807, 2.05) is 43.3 Å². The Morgan fingerprint density at radius 3 is 1.92 bits per heavy atom. The molecule has 126 valence electrons. The van der Waals surface area contributed by atoms with Gasteiger partial charge in [0.05, 0.1) is 0 Å². The predicted molar refractivity (Wildman–Crippen MR) is 97.3 cm³/mol. The fourth-order valence-corrected chi connectivity index (χ4v) is 2.28. The van der Waals surface area contributed by atoms with Gasteiger partial charge in [-0.05, 0) is 36.4 Å². The lowest BCUT2D eigenvalue weighted by molar-refractivity contribution is 0.0962. The molecule has 0 aromatic heterocycles. The van der Waals surface area contributed by atoms with Gasteiger partial charge in [-0.3, -0.25) is 9.59 Å². The van der Waals surface area contributed by atoms with E-state index in [-0.39, 0.29) is 11.8 Å². The molecule has 0 fully saturated rings. The molecule has 2 aromatic rings. The van der Waals surface area contributed by atoms with Gasteiger partial charge in [-0.25, -0.2) is 0 Å². The van der Waals surface area contributed by atoms with Crippen LogP contribution in [0.2, 0.25) is 0 Å². The van der Waals surface area contributed by atoms with E-state index in [0.717, 1.165) is 11.4 Å². The van der Waals surface area contributed by atoms with Crippen molar-refractivity contribution in [2.45, 2.75) is 0 Å². The van der Waals surface area contributed by atoms with Gasteiger partial charge in [-0.1, -0.05) is 6.07 Å². The van der Waals surface area contributed by atoms with Crippen LogP contribution in [0.5, 0.6) is 0 Å². The Balaban J connectivity index is 2.40. The number of nitrogens with one attached hydrogen (secondary N) is 3. The molecule has 0 aliphatic rings. The standard InChI is InChI=1S/C18H22N4O2/c1-19-17(23)12-8-13(18(24)20-2)10-15(9-12)21-14-6-5-7-16(11-14)22(3)4/h5-11,21H,1-4H3,(H,19,23)(H,20,24). The van der Waals surface area contributed by atoms with Crippen LogP contribution in [0.15, 0.2) is 42.5 Å². The molecule has 2 aromatic carbocycles. The minimum atomic E-state index is -0.245. The molecule has 0 saturated heterocycles. The summed E-state index contributed by atoms with van der Waals surface area (Å²) < 4.78 is 0. The van der Waals surface area contributed by atoms with Crippen LogP contribution in [0.25, 0.3) is 0 Å². The van der Waals surface area contributed by atoms with Crippen molar-refractivity contribution in [3.05, 3.63) is 53.6 Å². The van der Waals surface area contributed by atoms with Gasteiger partial charge in [-0.15, -0.1) is 0 Å². The number of carbonyl (C=O) groups excluding carboxylic acids is 2. The smallest absolute Gasteiger partial charge is 0.251 e. The zero-order valence-corrected chi connectivity index (χ0v) is 14.3. The van der Waals surface area contributed by atoms with Gasteiger partial charge in [0, 0.05) is 56.4 Å². The summed E-state index contributed by atoms with van der Waals surface area (Å²) >= 11 is 0. The lowest BCUT2D eigenvalue weighted by Gasteiger charge is -2.15. The van der Waals surface area contributed by atoms with Crippen molar-refractivity contribution in [1.82, 2.24) is 10.6 Å². The molecule has 0 radical (unpaired) electrons. The quantitative estimate of drug-likeness (QED) is 0.788. The summed E-state index contributed by atoms with van der Waals surface area (Å²) in [6.07, 6.45) is 0. The molecule has 0 unspecified atom stereocenters. The van der Waals surface area contributed by atoms with Crippen molar-refractivity contribution < 1.29 is 9.59 Å². The Kier molecular flexibility index (Phi) is 5.42. The highest BCUT2D eigenvalue weighted by molar-refractivity contribution is 6.01. The van der Waals surface area contributed by atoms with Crippen LogP contribution in [0.1, 0.15) is 20.7 Å². The molecule has 24 heavy (non-hydrogen) atoms. The first kappa shape index (κ1) is 17.3. The Morgan fingerprint density at radius 1 is 0.833 bits per heavy atom. The SMILES string of the molecule is CNC(=O)c1cc(Nc2cccc(N(C)C)c2)cc(C(=O)NC)c1. The van der Waals surface area contributed by atoms with E-state index < -0.39 is 0 Å². The van der Waals surface area contributed by atoms with Crippen molar-refractivity contribution in [3.63, 3.8) is 0 Å². The third-order valence-corrected chi connectivity index (χ3v) is 3.56. The average Bonchev–Trinajstić information content (AvgIpc) is 2.60. The second kappa shape index (κ2) is 7.50. The third-order valence-electron chi connectivity index (χ3n) is 3.56. The van der Waals surface area contributed by atoms with Crippen LogP contribution in [0.4, 0.5) is 17.1 Å². The Morgan fingerprint density at radius 2 is 1.42 bits per heavy atom. The van der Waals surface area contributed by atoms with Crippen molar-refractivity contribution in [1.29, 1.82) is 0 Å². The normalized spacial score (nSPS) is 10.0. The lowest BCUT2D eigenvalue weighted by atomic mass is 10.1. The second-order valence-electron chi connectivity index (χ2n) is 5.53. The first-order valence-electron chi connectivity index (χ1n) is 7.58. The minimum Gasteiger partial charge on any atom is -0.378 e. The van der Waals surface area contributed by atoms with Crippen molar-refractivity contribution in [2.24, 2.45) is 0 Å². The molecule has 3 N–H and O–H groups in total. The highest BCUT2D eigenvalue weighted by Crippen LogP contribution is 2.23. The van der Waals surface area contributed by atoms with Gasteiger partial charge in [0.25, 0.3) is 11.8 Å². The van der Waals surface area contributed by atoms with E-state index in [9.17, 15) is 9.59 Å². The zero-order chi connectivity index (χ0) is 17.7. The molecule has 0 bridgehead atoms.